The van der Waals surface area contributed by atoms with Gasteiger partial charge in [-0.1, -0.05) is 6.07 Å². The maximum atomic E-state index is 12.4. The lowest BCUT2D eigenvalue weighted by Gasteiger charge is -2.23. The Balaban J connectivity index is 2.76. The van der Waals surface area contributed by atoms with Gasteiger partial charge in [0.25, 0.3) is 0 Å². The van der Waals surface area contributed by atoms with E-state index in [0.29, 0.717) is 17.0 Å². The highest BCUT2D eigenvalue weighted by Gasteiger charge is 2.30. The van der Waals surface area contributed by atoms with Crippen LogP contribution < -0.4 is 10.5 Å². The quantitative estimate of drug-likeness (QED) is 0.777. The van der Waals surface area contributed by atoms with Crippen LogP contribution in [0.5, 0.6) is 5.75 Å². The number of alkyl halides is 3. The molecule has 0 aliphatic rings. The van der Waals surface area contributed by atoms with Crippen LogP contribution in [0.25, 0.3) is 0 Å². The minimum Gasteiger partial charge on any atom is -0.495 e. The Kier molecular flexibility index (Phi) is 5.44. The third-order valence-electron chi connectivity index (χ3n) is 2.52. The van der Waals surface area contributed by atoms with Crippen LogP contribution in [0.1, 0.15) is 5.56 Å². The molecule has 19 heavy (non-hydrogen) atoms. The van der Waals surface area contributed by atoms with Gasteiger partial charge in [-0.3, -0.25) is 4.90 Å². The van der Waals surface area contributed by atoms with Gasteiger partial charge in [0.15, 0.2) is 0 Å². The summed E-state index contributed by atoms with van der Waals surface area (Å²) in [7, 11) is 1.47. The van der Waals surface area contributed by atoms with Gasteiger partial charge in [0.1, 0.15) is 5.75 Å². The lowest BCUT2D eigenvalue weighted by molar-refractivity contribution is -0.147. The summed E-state index contributed by atoms with van der Waals surface area (Å²) in [6.45, 7) is -1.39. The third-order valence-corrected chi connectivity index (χ3v) is 2.52. The molecule has 0 saturated carbocycles. The van der Waals surface area contributed by atoms with Gasteiger partial charge in [0.2, 0.25) is 0 Å². The van der Waals surface area contributed by atoms with Crippen LogP contribution in [0.4, 0.5) is 18.9 Å². The second-order valence-electron chi connectivity index (χ2n) is 4.13. The Hall–Kier alpha value is -1.47. The van der Waals surface area contributed by atoms with E-state index in [9.17, 15) is 13.2 Å². The monoisotopic (exact) mass is 278 g/mol. The maximum absolute atomic E-state index is 12.4. The third kappa shape index (κ3) is 5.35. The summed E-state index contributed by atoms with van der Waals surface area (Å²) in [5, 5.41) is 8.79. The van der Waals surface area contributed by atoms with E-state index in [1.165, 1.54) is 7.11 Å². The highest BCUT2D eigenvalue weighted by molar-refractivity contribution is 5.54. The van der Waals surface area contributed by atoms with Crippen molar-refractivity contribution >= 4 is 5.69 Å². The first-order valence-corrected chi connectivity index (χ1v) is 5.68. The number of anilines is 1. The van der Waals surface area contributed by atoms with Gasteiger partial charge in [-0.15, -0.1) is 0 Å². The van der Waals surface area contributed by atoms with Crippen molar-refractivity contribution in [2.75, 3.05) is 32.5 Å². The predicted molar refractivity (Wildman–Crippen MR) is 65.8 cm³/mol. The van der Waals surface area contributed by atoms with Gasteiger partial charge in [-0.05, 0) is 17.7 Å². The van der Waals surface area contributed by atoms with E-state index in [4.69, 9.17) is 15.6 Å². The molecule has 1 aromatic carbocycles. The molecular formula is C12H17F3N2O2. The van der Waals surface area contributed by atoms with Gasteiger partial charge >= 0.3 is 6.18 Å². The molecule has 0 spiro atoms. The first-order valence-electron chi connectivity index (χ1n) is 5.68. The van der Waals surface area contributed by atoms with E-state index in [1.807, 2.05) is 0 Å². The Morgan fingerprint density at radius 2 is 2.05 bits per heavy atom. The highest BCUT2D eigenvalue weighted by Crippen LogP contribution is 2.23. The smallest absolute Gasteiger partial charge is 0.401 e. The number of nitrogens with two attached hydrogens (primary N) is 1. The Morgan fingerprint density at radius 1 is 1.37 bits per heavy atom. The summed E-state index contributed by atoms with van der Waals surface area (Å²) >= 11 is 0. The zero-order valence-corrected chi connectivity index (χ0v) is 10.6. The first-order chi connectivity index (χ1) is 8.85. The van der Waals surface area contributed by atoms with Crippen molar-refractivity contribution in [2.45, 2.75) is 12.7 Å². The van der Waals surface area contributed by atoms with Gasteiger partial charge in [-0.2, -0.15) is 13.2 Å². The van der Waals surface area contributed by atoms with Crippen molar-refractivity contribution in [3.63, 3.8) is 0 Å². The highest BCUT2D eigenvalue weighted by atomic mass is 19.4. The van der Waals surface area contributed by atoms with Gasteiger partial charge in [-0.25, -0.2) is 0 Å². The summed E-state index contributed by atoms with van der Waals surface area (Å²) in [6.07, 6.45) is -4.30. The van der Waals surface area contributed by atoms with E-state index in [2.05, 4.69) is 0 Å². The molecule has 0 aliphatic heterocycles. The van der Waals surface area contributed by atoms with Crippen molar-refractivity contribution in [1.29, 1.82) is 0 Å². The SMILES string of the molecule is COc1ccc(CN(CCO)CC(F)(F)F)cc1N. The molecule has 108 valence electrons. The lowest BCUT2D eigenvalue weighted by atomic mass is 10.1. The molecule has 0 radical (unpaired) electrons. The van der Waals surface area contributed by atoms with Crippen LogP contribution in [0.3, 0.4) is 0 Å². The molecule has 0 atom stereocenters. The Morgan fingerprint density at radius 3 is 2.53 bits per heavy atom. The molecule has 4 nitrogen and oxygen atoms in total. The first kappa shape index (κ1) is 15.6. The average Bonchev–Trinajstić information content (AvgIpc) is 2.27. The minimum atomic E-state index is -4.30. The number of hydrogen-bond donors (Lipinski definition) is 2. The summed E-state index contributed by atoms with van der Waals surface area (Å²) in [5.74, 6) is 0.480. The molecule has 0 heterocycles. The second-order valence-corrected chi connectivity index (χ2v) is 4.13. The molecule has 0 aromatic heterocycles. The number of ether oxygens (including phenoxy) is 1. The molecule has 0 fully saturated rings. The molecule has 1 rings (SSSR count). The van der Waals surface area contributed by atoms with Crippen LogP contribution in [0.15, 0.2) is 18.2 Å². The van der Waals surface area contributed by atoms with E-state index in [-0.39, 0.29) is 19.7 Å². The van der Waals surface area contributed by atoms with Crippen LogP contribution in [-0.4, -0.2) is 43.0 Å². The number of benzene rings is 1. The van der Waals surface area contributed by atoms with Crippen molar-refractivity contribution in [2.24, 2.45) is 0 Å². The van der Waals surface area contributed by atoms with Gasteiger partial charge in [0, 0.05) is 13.1 Å². The topological polar surface area (TPSA) is 58.7 Å². The molecule has 0 unspecified atom stereocenters. The number of nitrogens with zero attached hydrogens (tertiary/aromatic N) is 1. The van der Waals surface area contributed by atoms with Crippen molar-refractivity contribution in [1.82, 2.24) is 4.90 Å². The average molecular weight is 278 g/mol. The second kappa shape index (κ2) is 6.63. The number of rotatable bonds is 6. The van der Waals surface area contributed by atoms with Crippen LogP contribution >= 0.6 is 0 Å². The van der Waals surface area contributed by atoms with Gasteiger partial charge in [0.05, 0.1) is 25.9 Å². The fraction of sp³-hybridized carbons (Fsp3) is 0.500. The predicted octanol–water partition coefficient (Wildman–Crippen LogP) is 1.63. The fourth-order valence-electron chi connectivity index (χ4n) is 1.75. The van der Waals surface area contributed by atoms with Crippen LogP contribution in [0, 0.1) is 0 Å². The molecule has 0 aliphatic carbocycles. The molecule has 1 aromatic rings. The number of methoxy groups -OCH3 is 1. The zero-order chi connectivity index (χ0) is 14.5. The molecule has 0 amide bonds. The Bertz CT molecular complexity index is 410. The lowest BCUT2D eigenvalue weighted by Crippen LogP contribution is -2.35. The largest absolute Gasteiger partial charge is 0.495 e. The molecule has 0 bridgehead atoms. The van der Waals surface area contributed by atoms with E-state index < -0.39 is 12.7 Å². The van der Waals surface area contributed by atoms with Crippen molar-refractivity contribution in [3.8, 4) is 5.75 Å². The summed E-state index contributed by atoms with van der Waals surface area (Å²) < 4.78 is 42.1. The van der Waals surface area contributed by atoms with Crippen molar-refractivity contribution in [3.05, 3.63) is 23.8 Å². The number of aliphatic hydroxyl groups excluding tert-OH is 1. The number of hydrogen-bond acceptors (Lipinski definition) is 4. The van der Waals surface area contributed by atoms with E-state index >= 15 is 0 Å². The maximum Gasteiger partial charge on any atom is 0.401 e. The fourth-order valence-corrected chi connectivity index (χ4v) is 1.75. The van der Waals surface area contributed by atoms with E-state index in [1.54, 1.807) is 18.2 Å². The van der Waals surface area contributed by atoms with Gasteiger partial charge < -0.3 is 15.6 Å². The van der Waals surface area contributed by atoms with Crippen LogP contribution in [0.2, 0.25) is 0 Å². The molecular weight excluding hydrogens is 261 g/mol. The summed E-state index contributed by atoms with van der Waals surface area (Å²) in [4.78, 5) is 1.11. The summed E-state index contributed by atoms with van der Waals surface area (Å²) in [5.41, 5.74) is 6.70. The minimum absolute atomic E-state index is 0.0502. The molecule has 0 saturated heterocycles. The summed E-state index contributed by atoms with van der Waals surface area (Å²) in [6, 6.07) is 4.82. The Labute approximate surface area is 109 Å². The number of halogens is 3. The normalized spacial score (nSPS) is 11.9. The number of aliphatic hydroxyl groups is 1. The standard InChI is InChI=1S/C12H17F3N2O2/c1-19-11-3-2-9(6-10(11)16)7-17(4-5-18)8-12(13,14)15/h2-3,6,18H,4-5,7-8,16H2,1H3. The zero-order valence-electron chi connectivity index (χ0n) is 10.6. The molecule has 7 heteroatoms. The van der Waals surface area contributed by atoms with E-state index in [0.717, 1.165) is 4.90 Å². The number of nitrogen functional groups attached to an aromatic ring is 1. The molecule has 3 N–H and O–H groups in total. The van der Waals surface area contributed by atoms with Crippen LogP contribution in [-0.2, 0) is 6.54 Å². The van der Waals surface area contributed by atoms with Crippen molar-refractivity contribution < 1.29 is 23.0 Å².